The van der Waals surface area contributed by atoms with Gasteiger partial charge in [-0.15, -0.1) is 0 Å². The van der Waals surface area contributed by atoms with Crippen LogP contribution in [0.2, 0.25) is 0 Å². The third-order valence-corrected chi connectivity index (χ3v) is 19.0. The van der Waals surface area contributed by atoms with Crippen LogP contribution in [0.25, 0.3) is 44.1 Å². The van der Waals surface area contributed by atoms with Crippen LogP contribution in [0.4, 0.5) is 45.5 Å². The van der Waals surface area contributed by atoms with Crippen LogP contribution in [-0.2, 0) is 44.7 Å². The molecule has 6 heterocycles. The van der Waals surface area contributed by atoms with Crippen LogP contribution in [0, 0.1) is 61.2 Å². The van der Waals surface area contributed by atoms with Crippen molar-refractivity contribution in [1.29, 1.82) is 0 Å². The average Bonchev–Trinajstić information content (AvgIpc) is 1.63. The molecule has 1 saturated carbocycles. The predicted octanol–water partition coefficient (Wildman–Crippen LogP) is 8.06. The number of carboxylic acids is 3. The summed E-state index contributed by atoms with van der Waals surface area (Å²) >= 11 is 0. The fraction of sp³-hybridized carbons (Fsp3) is 0.198. The average molecular weight is 2070 g/mol. The smallest absolute Gasteiger partial charge is 0.870 e. The number of ether oxygens (including phenoxy) is 5. The molecule has 776 valence electrons. The molecule has 10 aromatic carbocycles. The number of aliphatic hydroxyl groups is 2. The Hall–Kier alpha value is -17.9. The number of H-pyrrole nitrogens is 4. The van der Waals surface area contributed by atoms with Crippen molar-refractivity contribution < 1.29 is 190 Å². The number of carbonyl (C=O) groups excluding carboxylic acids is 10. The van der Waals surface area contributed by atoms with Gasteiger partial charge in [-0.05, 0) is 135 Å². The Balaban J connectivity index is 0. The first kappa shape index (κ1) is 129. The van der Waals surface area contributed by atoms with Gasteiger partial charge in [-0.2, -0.15) is 61.6 Å². The first-order valence-electron chi connectivity index (χ1n) is 40.7. The van der Waals surface area contributed by atoms with Gasteiger partial charge in [0.2, 0.25) is 0 Å². The van der Waals surface area contributed by atoms with Crippen LogP contribution in [-0.4, -0.2) is 232 Å². The second-order valence-electron chi connectivity index (χ2n) is 28.4. The number of para-hydroxylation sites is 7. The van der Waals surface area contributed by atoms with Gasteiger partial charge in [0.1, 0.15) is 72.6 Å². The van der Waals surface area contributed by atoms with Gasteiger partial charge in [0.15, 0.2) is 18.1 Å². The number of aromatic carboxylic acids is 2. The van der Waals surface area contributed by atoms with Crippen LogP contribution in [0.15, 0.2) is 176 Å². The quantitative estimate of drug-likeness (QED) is 0.00715. The molecule has 2 fully saturated rings. The molecule has 0 atom stereocenters. The van der Waals surface area contributed by atoms with E-state index in [-0.39, 0.29) is 159 Å². The zero-order chi connectivity index (χ0) is 106. The van der Waals surface area contributed by atoms with Crippen molar-refractivity contribution in [2.75, 3.05) is 64.6 Å². The zero-order valence-electron chi connectivity index (χ0n) is 79.1. The van der Waals surface area contributed by atoms with Crippen molar-refractivity contribution in [3.05, 3.63) is 300 Å². The number of Topliss-reactive ketones (excluding diaryl/α,β-unsaturated/α-hetero) is 2. The number of aromatic amines is 4. The number of nitro groups is 4. The number of carboxylic acid groups (broad SMARTS) is 3. The summed E-state index contributed by atoms with van der Waals surface area (Å²) in [6.45, 7) is 9.29. The number of aromatic nitrogens is 12. The number of esters is 5. The number of aldehydes is 2. The van der Waals surface area contributed by atoms with Crippen molar-refractivity contribution in [1.82, 2.24) is 73.9 Å². The van der Waals surface area contributed by atoms with Gasteiger partial charge in [-0.25, -0.2) is 33.6 Å². The third kappa shape index (κ3) is 37.5. The van der Waals surface area contributed by atoms with Crippen LogP contribution >= 0.6 is 0 Å². The second kappa shape index (κ2) is 64.5. The van der Waals surface area contributed by atoms with E-state index in [9.17, 15) is 98.0 Å². The number of fused-ring (bicyclic) bond motifs is 5. The Morgan fingerprint density at radius 3 is 1.24 bits per heavy atom. The molecule has 147 heavy (non-hydrogen) atoms. The van der Waals surface area contributed by atoms with Crippen LogP contribution in [0.5, 0.6) is 0 Å². The first-order chi connectivity index (χ1) is 67.6. The number of amides is 1. The number of aryl methyl sites for hydroxylation is 3. The van der Waals surface area contributed by atoms with E-state index in [4.69, 9.17) is 63.7 Å². The number of aliphatic hydroxyl groups excluding tert-OH is 2. The molecule has 14 aromatic rings. The second-order valence-corrected chi connectivity index (χ2v) is 28.4. The van der Waals surface area contributed by atoms with Gasteiger partial charge in [0.05, 0.1) is 98.8 Å². The number of nitrogens with two attached hydrogens (primary N) is 5. The van der Waals surface area contributed by atoms with E-state index >= 15 is 0 Å². The fourth-order valence-electron chi connectivity index (χ4n) is 12.9. The van der Waals surface area contributed by atoms with Crippen molar-refractivity contribution >= 4 is 167 Å². The summed E-state index contributed by atoms with van der Waals surface area (Å²) < 4.78 is 22.7. The SMILES string of the molecule is C.C1CCOC1.CC(=O)O.CO.COC(=O)c1cccc(N)c1N.COC(=O)c1cccc([N+](=O)[O-])c1N.COC(=O)c1cccc2n[nH]nc12.Cc1cc(C)c(C2CC(=O)CC(=O)C2)c(C)c1.N.N.NC(=O)c1c(C(=O)O)cccc1[N+](=O)[O-].Nc1c(C(=O)O)cccc1[N+](=O)[O-].O=C1OC(=O)c2c1cccc2[N+](=O)[O-].O=Cc1cccc2n[nH]nc12.O=Cc1cccc2n[nH]nc12.OCc1cccc2n[nH]nc12.[HH].[K+].[OH-]. The molecule has 3 aliphatic rings. The third-order valence-electron chi connectivity index (χ3n) is 19.0. The molecule has 0 radical (unpaired) electrons. The van der Waals surface area contributed by atoms with Crippen molar-refractivity contribution in [2.45, 2.75) is 79.8 Å². The van der Waals surface area contributed by atoms with Crippen molar-refractivity contribution in [3.63, 3.8) is 0 Å². The molecular weight excluding hydrogens is 1970 g/mol. The Kier molecular flexibility index (Phi) is 56.7. The number of carbonyl (C=O) groups is 13. The molecule has 2 aliphatic heterocycles. The summed E-state index contributed by atoms with van der Waals surface area (Å²) in [4.78, 5) is 179. The number of hydrogen-bond donors (Lipinski definition) is 16. The molecule has 1 aliphatic carbocycles. The van der Waals surface area contributed by atoms with Crippen LogP contribution in [0.3, 0.4) is 0 Å². The van der Waals surface area contributed by atoms with Gasteiger partial charge in [-0.1, -0.05) is 85.8 Å². The molecule has 56 heteroatoms. The van der Waals surface area contributed by atoms with Gasteiger partial charge in [0.25, 0.3) is 34.6 Å². The van der Waals surface area contributed by atoms with E-state index in [0.717, 1.165) is 91.7 Å². The Morgan fingerprint density at radius 1 is 0.483 bits per heavy atom. The Morgan fingerprint density at radius 2 is 0.830 bits per heavy atom. The summed E-state index contributed by atoms with van der Waals surface area (Å²) in [7, 11) is 4.81. The van der Waals surface area contributed by atoms with E-state index in [1.807, 2.05) is 18.2 Å². The fourth-order valence-corrected chi connectivity index (χ4v) is 12.9. The Labute approximate surface area is 874 Å². The maximum absolute atomic E-state index is 11.5. The van der Waals surface area contributed by atoms with E-state index < -0.39 is 95.9 Å². The van der Waals surface area contributed by atoms with E-state index in [1.165, 1.54) is 105 Å². The number of cyclic esters (lactones) is 2. The van der Waals surface area contributed by atoms with E-state index in [0.29, 0.717) is 62.8 Å². The molecule has 0 unspecified atom stereocenters. The molecule has 4 aromatic heterocycles. The number of anilines is 4. The number of nitro benzene ring substituents is 4. The number of hydrogen-bond acceptors (Lipinski definition) is 43. The van der Waals surface area contributed by atoms with Gasteiger partial charge in [-0.3, -0.25) is 69.2 Å². The molecule has 17 rings (SSSR count). The topological polar surface area (TPSA) is 938 Å². The minimum absolute atomic E-state index is 0. The summed E-state index contributed by atoms with van der Waals surface area (Å²) in [6.07, 6.45) is 5.28. The van der Waals surface area contributed by atoms with Crippen LogP contribution < -0.4 is 92.4 Å². The Bertz CT molecular complexity index is 6780. The number of ketones is 2. The largest absolute Gasteiger partial charge is 1.00 e. The molecule has 55 nitrogen and oxygen atoms in total. The summed E-state index contributed by atoms with van der Waals surface area (Å²) in [6, 6.07) is 45.0. The number of nitrogen functional groups attached to an aromatic ring is 4. The van der Waals surface area contributed by atoms with Crippen LogP contribution in [0.1, 0.15) is 185 Å². The number of aliphatic carboxylic acids is 1. The molecule has 0 spiro atoms. The molecular formula is C91H104KN23O32. The molecule has 0 bridgehead atoms. The number of primary amides is 1. The molecule has 1 amide bonds. The maximum Gasteiger partial charge on any atom is 1.00 e. The number of nitrogens with one attached hydrogen (secondary N) is 4. The first-order valence-corrected chi connectivity index (χ1v) is 40.7. The van der Waals surface area contributed by atoms with E-state index in [1.54, 1.807) is 72.8 Å². The number of benzene rings is 10. The normalized spacial score (nSPS) is 11.1. The monoisotopic (exact) mass is 2070 g/mol. The molecule has 1 saturated heterocycles. The van der Waals surface area contributed by atoms with Gasteiger partial charge < -0.3 is 95.7 Å². The van der Waals surface area contributed by atoms with Gasteiger partial charge >= 0.3 is 93.2 Å². The maximum atomic E-state index is 11.5. The summed E-state index contributed by atoms with van der Waals surface area (Å²) in [5.74, 6) is -7.77. The number of rotatable bonds is 14. The minimum Gasteiger partial charge on any atom is -0.870 e. The zero-order valence-corrected chi connectivity index (χ0v) is 82.2. The number of nitrogens with zero attached hydrogens (tertiary/aromatic N) is 12. The summed E-state index contributed by atoms with van der Waals surface area (Å²) in [5.41, 5.74) is 36.3. The predicted molar refractivity (Wildman–Crippen MR) is 525 cm³/mol. The minimum atomic E-state index is -1.44. The summed E-state index contributed by atoms with van der Waals surface area (Å²) in [5, 5.41) is 123. The van der Waals surface area contributed by atoms with E-state index in [2.05, 4.69) is 113 Å². The van der Waals surface area contributed by atoms with Crippen molar-refractivity contribution in [3.8, 4) is 0 Å². The number of methoxy groups -OCH3 is 3. The standard InChI is InChI=1S/C15H18O2.C8H7N3O2.C8H6N2O5.C8H8N2O4.C8H10N2O2.C8H3NO5.C7H7N3O.2C7H5N3O.C7H6N2O4.C4H8O.C2H4O2.CH4O.CH4.K.2H3N.H2O.H2/c1-9-4-10(2)15(11(3)5-9)12-6-13(16)8-14(17)7-12;1-13-8(12)5-3-2-4-6-7(5)10-11-9-6;9-7(11)6-4(8(12)13)2-1-3-5(6)10(14)15;1-14-8(11)5-3-2-4-6(7(5)9)10(12)13;1-12-8(11)5-3-2-4-6(9)7(5)10;10-7-4-2-1-3-5(9(12)13)6(4)8(11)14-7;3*11-4-5-2-1-3-6-7(5)9-10-8-6;8-6-4(7(10)11)2-1-3-5(6)9(12)13;1-2-4-5-3-1;1-2(3)4;1-2;;;;;;/h4-5,12H,6-8H2,1-3H3;2-4H,1H3,(H,9,10,11);1-3H,(H2,9,11)(H,12,13);2-4H,9H2,1H3;2-4H,9-10H2,1H3;1-3H;1-3,11H,4H2,(H,8,9,10);2*1-4H,(H,8,9,10);1-3H,8H2,(H,10,11);1-4H2;1H3,(H,3,4);2H,1H3;1H4;;2*1H3;1H2;1H/q;;;;;;;;;;;;;;+1;;;;/p-1. The van der Waals surface area contributed by atoms with Gasteiger partial charge in [0, 0.05) is 82.5 Å². The van der Waals surface area contributed by atoms with Crippen molar-refractivity contribution in [2.24, 2.45) is 5.73 Å². The molecule has 26 N–H and O–H groups in total.